The van der Waals surface area contributed by atoms with Crippen molar-refractivity contribution in [3.05, 3.63) is 35.4 Å². The molecule has 1 fully saturated rings. The summed E-state index contributed by atoms with van der Waals surface area (Å²) in [5.41, 5.74) is 2.08. The van der Waals surface area contributed by atoms with Crippen molar-refractivity contribution in [2.75, 3.05) is 12.4 Å². The van der Waals surface area contributed by atoms with Crippen molar-refractivity contribution >= 4 is 29.1 Å². The van der Waals surface area contributed by atoms with Crippen LogP contribution in [0.25, 0.3) is 0 Å². The lowest BCUT2D eigenvalue weighted by atomic mass is 10.1. The first-order valence-electron chi connectivity index (χ1n) is 6.98. The summed E-state index contributed by atoms with van der Waals surface area (Å²) >= 11 is 1.36. The highest BCUT2D eigenvalue weighted by atomic mass is 32.2. The van der Waals surface area contributed by atoms with Gasteiger partial charge in [-0.1, -0.05) is 43.3 Å². The number of hydrogen-bond donors (Lipinski definition) is 1. The average molecular weight is 305 g/mol. The molecule has 0 bridgehead atoms. The summed E-state index contributed by atoms with van der Waals surface area (Å²) in [6.07, 6.45) is 3.90. The number of carbonyl (C=O) groups is 1. The molecule has 1 aromatic rings. The van der Waals surface area contributed by atoms with Gasteiger partial charge in [-0.05, 0) is 23.6 Å². The largest absolute Gasteiger partial charge is 0.377 e. The number of carbonyl (C=O) groups excluding carboxylic acids is 1. The topological polar surface area (TPSA) is 63.1 Å². The van der Waals surface area contributed by atoms with Crippen LogP contribution in [0.3, 0.4) is 0 Å². The van der Waals surface area contributed by atoms with Crippen molar-refractivity contribution in [1.82, 2.24) is 5.32 Å². The Morgan fingerprint density at radius 3 is 3.14 bits per heavy atom. The molecular formula is C15H19N3O2S. The third kappa shape index (κ3) is 5.69. The first-order valence-corrected chi connectivity index (χ1v) is 7.97. The smallest absolute Gasteiger partial charge is 0.236 e. The number of amides is 1. The van der Waals surface area contributed by atoms with Gasteiger partial charge < -0.3 is 10.1 Å². The van der Waals surface area contributed by atoms with Crippen LogP contribution in [0.5, 0.6) is 0 Å². The second-order valence-electron chi connectivity index (χ2n) is 4.64. The van der Waals surface area contributed by atoms with Gasteiger partial charge in [-0.15, -0.1) is 5.10 Å². The van der Waals surface area contributed by atoms with Gasteiger partial charge in [0.2, 0.25) is 5.91 Å². The van der Waals surface area contributed by atoms with E-state index in [4.69, 9.17) is 4.74 Å². The maximum atomic E-state index is 11.0. The highest BCUT2D eigenvalue weighted by Gasteiger charge is 2.15. The molecule has 1 aliphatic heterocycles. The van der Waals surface area contributed by atoms with Crippen LogP contribution in [0.15, 0.2) is 34.5 Å². The molecule has 6 heteroatoms. The van der Waals surface area contributed by atoms with Crippen molar-refractivity contribution < 1.29 is 9.53 Å². The molecule has 112 valence electrons. The molecule has 1 amide bonds. The van der Waals surface area contributed by atoms with Crippen molar-refractivity contribution in [2.45, 2.75) is 26.4 Å². The lowest BCUT2D eigenvalue weighted by Gasteiger charge is -2.04. The number of rotatable bonds is 7. The monoisotopic (exact) mass is 305 g/mol. The maximum Gasteiger partial charge on any atom is 0.236 e. The molecule has 2 rings (SSSR count). The Bertz CT molecular complexity index is 543. The zero-order chi connectivity index (χ0) is 14.9. The third-order valence-electron chi connectivity index (χ3n) is 2.80. The van der Waals surface area contributed by atoms with Crippen LogP contribution < -0.4 is 5.32 Å². The lowest BCUT2D eigenvalue weighted by Crippen LogP contribution is -2.19. The Morgan fingerprint density at radius 2 is 2.38 bits per heavy atom. The van der Waals surface area contributed by atoms with Crippen molar-refractivity contribution in [3.63, 3.8) is 0 Å². The minimum atomic E-state index is -0.0276. The van der Waals surface area contributed by atoms with E-state index in [-0.39, 0.29) is 5.91 Å². The van der Waals surface area contributed by atoms with Crippen molar-refractivity contribution in [2.24, 2.45) is 10.2 Å². The van der Waals surface area contributed by atoms with Gasteiger partial charge in [0.15, 0.2) is 5.17 Å². The number of hydrogen-bond acceptors (Lipinski definition) is 5. The molecule has 1 aliphatic rings. The number of amidine groups is 1. The summed E-state index contributed by atoms with van der Waals surface area (Å²) in [4.78, 5) is 11.0. The predicted octanol–water partition coefficient (Wildman–Crippen LogP) is 2.56. The van der Waals surface area contributed by atoms with Crippen LogP contribution in [-0.2, 0) is 16.1 Å². The van der Waals surface area contributed by atoms with Crippen molar-refractivity contribution in [1.29, 1.82) is 0 Å². The molecule has 5 nitrogen and oxygen atoms in total. The van der Waals surface area contributed by atoms with Gasteiger partial charge in [0, 0.05) is 6.61 Å². The van der Waals surface area contributed by atoms with Crippen LogP contribution in [0.1, 0.15) is 30.9 Å². The fourth-order valence-electron chi connectivity index (χ4n) is 1.73. The Morgan fingerprint density at radius 1 is 1.48 bits per heavy atom. The molecule has 0 spiro atoms. The number of unbranched alkanes of at least 4 members (excludes halogenated alkanes) is 1. The number of nitrogens with zero attached hydrogens (tertiary/aromatic N) is 2. The van der Waals surface area contributed by atoms with E-state index in [9.17, 15) is 4.79 Å². The molecule has 0 radical (unpaired) electrons. The minimum Gasteiger partial charge on any atom is -0.377 e. The van der Waals surface area contributed by atoms with E-state index in [1.165, 1.54) is 11.8 Å². The van der Waals surface area contributed by atoms with E-state index in [1.807, 2.05) is 24.3 Å². The molecule has 0 atom stereocenters. The summed E-state index contributed by atoms with van der Waals surface area (Å²) in [6, 6.07) is 7.98. The average Bonchev–Trinajstić information content (AvgIpc) is 2.90. The second-order valence-corrected chi connectivity index (χ2v) is 5.60. The first-order chi connectivity index (χ1) is 10.3. The Labute approximate surface area is 128 Å². The number of ether oxygens (including phenoxy) is 1. The molecule has 0 unspecified atom stereocenters. The van der Waals surface area contributed by atoms with Crippen LogP contribution >= 0.6 is 11.8 Å². The summed E-state index contributed by atoms with van der Waals surface area (Å²) < 4.78 is 5.59. The highest BCUT2D eigenvalue weighted by molar-refractivity contribution is 8.15. The molecule has 1 aromatic carbocycles. The molecule has 1 saturated heterocycles. The number of benzene rings is 1. The van der Waals surface area contributed by atoms with Gasteiger partial charge in [0.25, 0.3) is 0 Å². The van der Waals surface area contributed by atoms with E-state index in [2.05, 4.69) is 22.4 Å². The number of thioether (sulfide) groups is 1. The first kappa shape index (κ1) is 15.7. The summed E-state index contributed by atoms with van der Waals surface area (Å²) in [5.74, 6) is 0.388. The van der Waals surface area contributed by atoms with E-state index in [0.717, 1.165) is 30.6 Å². The Balaban J connectivity index is 1.87. The van der Waals surface area contributed by atoms with Crippen LogP contribution in [-0.4, -0.2) is 29.6 Å². The molecule has 0 aliphatic carbocycles. The normalized spacial score (nSPS) is 16.8. The molecule has 1 N–H and O–H groups in total. The van der Waals surface area contributed by atoms with Gasteiger partial charge in [-0.3, -0.25) is 4.79 Å². The highest BCUT2D eigenvalue weighted by Crippen LogP contribution is 2.09. The van der Waals surface area contributed by atoms with E-state index in [0.29, 0.717) is 17.5 Å². The summed E-state index contributed by atoms with van der Waals surface area (Å²) in [6.45, 7) is 3.55. The fraction of sp³-hybridized carbons (Fsp3) is 0.400. The molecule has 0 aromatic heterocycles. The Kier molecular flexibility index (Phi) is 6.43. The van der Waals surface area contributed by atoms with E-state index in [1.54, 1.807) is 6.21 Å². The quantitative estimate of drug-likeness (QED) is 0.478. The van der Waals surface area contributed by atoms with E-state index >= 15 is 0 Å². The van der Waals surface area contributed by atoms with Gasteiger partial charge in [-0.2, -0.15) is 5.10 Å². The fourth-order valence-corrected chi connectivity index (χ4v) is 2.36. The standard InChI is InChI=1S/C15H19N3O2S/c1-2-3-7-20-10-13-6-4-5-12(8-13)9-16-18-15-17-14(19)11-21-15/h4-6,8-9H,2-3,7,10-11H2,1H3,(H,17,18,19). The van der Waals surface area contributed by atoms with Crippen LogP contribution in [0.2, 0.25) is 0 Å². The van der Waals surface area contributed by atoms with Crippen LogP contribution in [0, 0.1) is 0 Å². The lowest BCUT2D eigenvalue weighted by molar-refractivity contribution is -0.116. The van der Waals surface area contributed by atoms with Crippen LogP contribution in [0.4, 0.5) is 0 Å². The predicted molar refractivity (Wildman–Crippen MR) is 86.6 cm³/mol. The molecule has 21 heavy (non-hydrogen) atoms. The van der Waals surface area contributed by atoms with E-state index < -0.39 is 0 Å². The Hall–Kier alpha value is -1.66. The van der Waals surface area contributed by atoms with Gasteiger partial charge in [0.1, 0.15) is 0 Å². The minimum absolute atomic E-state index is 0.0276. The van der Waals surface area contributed by atoms with Gasteiger partial charge >= 0.3 is 0 Å². The van der Waals surface area contributed by atoms with Crippen molar-refractivity contribution in [3.8, 4) is 0 Å². The second kappa shape index (κ2) is 8.59. The van der Waals surface area contributed by atoms with Gasteiger partial charge in [-0.25, -0.2) is 0 Å². The summed E-state index contributed by atoms with van der Waals surface area (Å²) in [7, 11) is 0. The maximum absolute atomic E-state index is 11.0. The zero-order valence-electron chi connectivity index (χ0n) is 12.0. The number of nitrogens with one attached hydrogen (secondary N) is 1. The SMILES string of the molecule is CCCCOCc1cccc(C=NN=C2NC(=O)CS2)c1. The molecule has 1 heterocycles. The summed E-state index contributed by atoms with van der Waals surface area (Å²) in [5, 5.41) is 11.1. The van der Waals surface area contributed by atoms with Gasteiger partial charge in [0.05, 0.1) is 18.6 Å². The third-order valence-corrected chi connectivity index (χ3v) is 3.67. The molecule has 0 saturated carbocycles. The zero-order valence-corrected chi connectivity index (χ0v) is 12.9. The molecular weight excluding hydrogens is 286 g/mol.